The summed E-state index contributed by atoms with van der Waals surface area (Å²) >= 11 is 3.28. The first-order chi connectivity index (χ1) is 7.67. The van der Waals surface area contributed by atoms with Crippen LogP contribution in [0.3, 0.4) is 0 Å². The SMILES string of the molecule is CCOCC(=O)Nc1cc(Br)ccc1C#N. The number of anilines is 1. The van der Waals surface area contributed by atoms with E-state index >= 15 is 0 Å². The molecular formula is C11H11BrN2O2. The number of hydrogen-bond acceptors (Lipinski definition) is 3. The van der Waals surface area contributed by atoms with Crippen LogP contribution in [0.4, 0.5) is 5.69 Å². The van der Waals surface area contributed by atoms with Crippen molar-refractivity contribution in [2.24, 2.45) is 0 Å². The number of benzene rings is 1. The van der Waals surface area contributed by atoms with E-state index in [1.807, 2.05) is 13.0 Å². The maximum absolute atomic E-state index is 11.4. The fourth-order valence-corrected chi connectivity index (χ4v) is 1.46. The van der Waals surface area contributed by atoms with Crippen LogP contribution < -0.4 is 5.32 Å². The molecule has 16 heavy (non-hydrogen) atoms. The highest BCUT2D eigenvalue weighted by Gasteiger charge is 2.07. The van der Waals surface area contributed by atoms with Crippen LogP contribution in [-0.4, -0.2) is 19.1 Å². The third kappa shape index (κ3) is 3.65. The number of amides is 1. The molecular weight excluding hydrogens is 272 g/mol. The van der Waals surface area contributed by atoms with E-state index in [1.165, 1.54) is 0 Å². The highest BCUT2D eigenvalue weighted by molar-refractivity contribution is 9.10. The quantitative estimate of drug-likeness (QED) is 0.922. The summed E-state index contributed by atoms with van der Waals surface area (Å²) in [6.07, 6.45) is 0. The van der Waals surface area contributed by atoms with Crippen molar-refractivity contribution in [1.29, 1.82) is 5.26 Å². The van der Waals surface area contributed by atoms with Crippen LogP contribution in [0, 0.1) is 11.3 Å². The molecule has 0 saturated heterocycles. The molecule has 0 radical (unpaired) electrons. The summed E-state index contributed by atoms with van der Waals surface area (Å²) in [5.41, 5.74) is 0.912. The van der Waals surface area contributed by atoms with Crippen molar-refractivity contribution in [2.75, 3.05) is 18.5 Å². The molecule has 0 aliphatic heterocycles. The first-order valence-electron chi connectivity index (χ1n) is 4.74. The molecule has 0 aliphatic carbocycles. The highest BCUT2D eigenvalue weighted by Crippen LogP contribution is 2.20. The Bertz CT molecular complexity index is 426. The van der Waals surface area contributed by atoms with Gasteiger partial charge in [0.2, 0.25) is 5.91 Å². The lowest BCUT2D eigenvalue weighted by molar-refractivity contribution is -0.120. The maximum Gasteiger partial charge on any atom is 0.250 e. The monoisotopic (exact) mass is 282 g/mol. The van der Waals surface area contributed by atoms with Crippen molar-refractivity contribution < 1.29 is 9.53 Å². The van der Waals surface area contributed by atoms with Crippen molar-refractivity contribution in [1.82, 2.24) is 0 Å². The zero-order valence-corrected chi connectivity index (χ0v) is 10.4. The van der Waals surface area contributed by atoms with Gasteiger partial charge in [0.1, 0.15) is 12.7 Å². The summed E-state index contributed by atoms with van der Waals surface area (Å²) in [7, 11) is 0. The first-order valence-corrected chi connectivity index (χ1v) is 5.54. The highest BCUT2D eigenvalue weighted by atomic mass is 79.9. The third-order valence-corrected chi connectivity index (χ3v) is 2.31. The molecule has 0 fully saturated rings. The molecule has 5 heteroatoms. The van der Waals surface area contributed by atoms with E-state index in [-0.39, 0.29) is 12.5 Å². The lowest BCUT2D eigenvalue weighted by Gasteiger charge is -2.07. The van der Waals surface area contributed by atoms with Gasteiger partial charge in [-0.2, -0.15) is 5.26 Å². The molecule has 4 nitrogen and oxygen atoms in total. The molecule has 0 bridgehead atoms. The third-order valence-electron chi connectivity index (χ3n) is 1.81. The van der Waals surface area contributed by atoms with E-state index in [0.717, 1.165) is 4.47 Å². The van der Waals surface area contributed by atoms with Gasteiger partial charge in [-0.15, -0.1) is 0 Å². The Hall–Kier alpha value is -1.38. The topological polar surface area (TPSA) is 62.1 Å². The van der Waals surface area contributed by atoms with E-state index in [4.69, 9.17) is 10.00 Å². The maximum atomic E-state index is 11.4. The second-order valence-electron chi connectivity index (χ2n) is 2.99. The van der Waals surface area contributed by atoms with E-state index in [1.54, 1.807) is 18.2 Å². The minimum absolute atomic E-state index is 0.00607. The van der Waals surface area contributed by atoms with Gasteiger partial charge in [-0.25, -0.2) is 0 Å². The Balaban J connectivity index is 2.76. The molecule has 84 valence electrons. The van der Waals surface area contributed by atoms with Crippen LogP contribution in [0.5, 0.6) is 0 Å². The van der Waals surface area contributed by atoms with Crippen LogP contribution in [0.25, 0.3) is 0 Å². The molecule has 0 heterocycles. The van der Waals surface area contributed by atoms with Gasteiger partial charge in [0, 0.05) is 11.1 Å². The van der Waals surface area contributed by atoms with Crippen molar-refractivity contribution in [3.8, 4) is 6.07 Å². The van der Waals surface area contributed by atoms with Crippen molar-refractivity contribution >= 4 is 27.5 Å². The number of nitriles is 1. The number of carbonyl (C=O) groups excluding carboxylic acids is 1. The van der Waals surface area contributed by atoms with E-state index < -0.39 is 0 Å². The number of ether oxygens (including phenoxy) is 1. The van der Waals surface area contributed by atoms with E-state index in [9.17, 15) is 4.79 Å². The fourth-order valence-electron chi connectivity index (χ4n) is 1.10. The average molecular weight is 283 g/mol. The zero-order valence-electron chi connectivity index (χ0n) is 8.79. The Labute approximate surface area is 102 Å². The Morgan fingerprint density at radius 2 is 2.38 bits per heavy atom. The fraction of sp³-hybridized carbons (Fsp3) is 0.273. The van der Waals surface area contributed by atoms with Crippen LogP contribution >= 0.6 is 15.9 Å². The van der Waals surface area contributed by atoms with Gasteiger partial charge in [0.15, 0.2) is 0 Å². The lowest BCUT2D eigenvalue weighted by Crippen LogP contribution is -2.18. The number of halogens is 1. The van der Waals surface area contributed by atoms with Gasteiger partial charge < -0.3 is 10.1 Å². The lowest BCUT2D eigenvalue weighted by atomic mass is 10.2. The molecule has 1 aromatic rings. The molecule has 0 unspecified atom stereocenters. The van der Waals surface area contributed by atoms with Crippen LogP contribution in [0.2, 0.25) is 0 Å². The van der Waals surface area contributed by atoms with Gasteiger partial charge in [0.05, 0.1) is 11.3 Å². The Kier molecular flexibility index (Phi) is 4.96. The molecule has 0 aliphatic rings. The second-order valence-corrected chi connectivity index (χ2v) is 3.90. The molecule has 1 rings (SSSR count). The largest absolute Gasteiger partial charge is 0.372 e. The summed E-state index contributed by atoms with van der Waals surface area (Å²) in [6.45, 7) is 2.29. The summed E-state index contributed by atoms with van der Waals surface area (Å²) in [4.78, 5) is 11.4. The van der Waals surface area contributed by atoms with Crippen molar-refractivity contribution in [2.45, 2.75) is 6.92 Å². The summed E-state index contributed by atoms with van der Waals surface area (Å²) in [6, 6.07) is 7.08. The number of hydrogen-bond donors (Lipinski definition) is 1. The van der Waals surface area contributed by atoms with Crippen LogP contribution in [-0.2, 0) is 9.53 Å². The molecule has 0 aromatic heterocycles. The summed E-state index contributed by atoms with van der Waals surface area (Å²) < 4.78 is 5.77. The molecule has 0 spiro atoms. The van der Waals surface area contributed by atoms with Crippen molar-refractivity contribution in [3.63, 3.8) is 0 Å². The van der Waals surface area contributed by atoms with Gasteiger partial charge in [-0.3, -0.25) is 4.79 Å². The molecule has 1 amide bonds. The summed E-state index contributed by atoms with van der Waals surface area (Å²) in [5.74, 6) is -0.267. The predicted molar refractivity (Wildman–Crippen MR) is 64.0 cm³/mol. The van der Waals surface area contributed by atoms with Crippen molar-refractivity contribution in [3.05, 3.63) is 28.2 Å². The number of nitrogens with zero attached hydrogens (tertiary/aromatic N) is 1. The first kappa shape index (κ1) is 12.7. The second kappa shape index (κ2) is 6.26. The minimum atomic E-state index is -0.267. The number of carbonyl (C=O) groups is 1. The normalized spacial score (nSPS) is 9.56. The van der Waals surface area contributed by atoms with Gasteiger partial charge in [-0.1, -0.05) is 15.9 Å². The predicted octanol–water partition coefficient (Wildman–Crippen LogP) is 2.30. The molecule has 1 aromatic carbocycles. The van der Waals surface area contributed by atoms with Gasteiger partial charge in [0.25, 0.3) is 0 Å². The van der Waals surface area contributed by atoms with E-state index in [2.05, 4.69) is 21.2 Å². The van der Waals surface area contributed by atoms with Gasteiger partial charge in [-0.05, 0) is 25.1 Å². The van der Waals surface area contributed by atoms with Crippen LogP contribution in [0.1, 0.15) is 12.5 Å². The standard InChI is InChI=1S/C11H11BrN2O2/c1-2-16-7-11(15)14-10-5-9(12)4-3-8(10)6-13/h3-5H,2,7H2,1H3,(H,14,15). The Morgan fingerprint density at radius 3 is 3.00 bits per heavy atom. The van der Waals surface area contributed by atoms with Crippen LogP contribution in [0.15, 0.2) is 22.7 Å². The Morgan fingerprint density at radius 1 is 1.62 bits per heavy atom. The molecule has 0 saturated carbocycles. The van der Waals surface area contributed by atoms with Gasteiger partial charge >= 0.3 is 0 Å². The number of rotatable bonds is 4. The summed E-state index contributed by atoms with van der Waals surface area (Å²) in [5, 5.41) is 11.5. The average Bonchev–Trinajstić information content (AvgIpc) is 2.27. The van der Waals surface area contributed by atoms with E-state index in [0.29, 0.717) is 17.9 Å². The smallest absolute Gasteiger partial charge is 0.250 e. The minimum Gasteiger partial charge on any atom is -0.372 e. The number of nitrogens with one attached hydrogen (secondary N) is 1. The molecule has 0 atom stereocenters. The zero-order chi connectivity index (χ0) is 12.0. The molecule has 1 N–H and O–H groups in total.